The topological polar surface area (TPSA) is 102 Å². The minimum Gasteiger partial charge on any atom is -0.461 e. The van der Waals surface area contributed by atoms with E-state index in [9.17, 15) is 19.2 Å². The summed E-state index contributed by atoms with van der Waals surface area (Å²) in [7, 11) is -2.37. The zero-order chi connectivity index (χ0) is 27.2. The van der Waals surface area contributed by atoms with E-state index < -0.39 is 43.7 Å². The number of carbonyl (C=O) groups excluding carboxylic acids is 3. The van der Waals surface area contributed by atoms with Gasteiger partial charge in [-0.25, -0.2) is 14.4 Å². The van der Waals surface area contributed by atoms with E-state index in [0.717, 1.165) is 43.4 Å². The highest BCUT2D eigenvalue weighted by Crippen LogP contribution is 2.40. The standard InChI is InChI=1S/C26H49NO7Si/c1-24(2,3)33-22(29)27(23(30)34-25(4,5)6)20(21(28)32-19-15-11-12-16-19)17-13-14-18-26(7,8)35(9,10)31/h19-20,31H,11-18H2,1-10H3/t20-/m0/s1. The second-order valence-corrected chi connectivity index (χ2v) is 17.4. The van der Waals surface area contributed by atoms with Crippen molar-refractivity contribution in [2.24, 2.45) is 0 Å². The summed E-state index contributed by atoms with van der Waals surface area (Å²) in [4.78, 5) is 51.0. The number of hydrogen-bond donors (Lipinski definition) is 1. The molecule has 1 atom stereocenters. The minimum atomic E-state index is -2.37. The summed E-state index contributed by atoms with van der Waals surface area (Å²) >= 11 is 0. The number of esters is 1. The van der Waals surface area contributed by atoms with Crippen molar-refractivity contribution >= 4 is 26.5 Å². The van der Waals surface area contributed by atoms with E-state index >= 15 is 0 Å². The lowest BCUT2D eigenvalue weighted by molar-refractivity contribution is -0.155. The average molecular weight is 516 g/mol. The highest BCUT2D eigenvalue weighted by atomic mass is 28.4. The molecule has 9 heteroatoms. The van der Waals surface area contributed by atoms with Crippen LogP contribution in [-0.4, -0.2) is 59.5 Å². The fourth-order valence-corrected chi connectivity index (χ4v) is 4.55. The van der Waals surface area contributed by atoms with Crippen LogP contribution >= 0.6 is 0 Å². The Morgan fingerprint density at radius 2 is 1.34 bits per heavy atom. The van der Waals surface area contributed by atoms with Crippen LogP contribution < -0.4 is 0 Å². The quantitative estimate of drug-likeness (QED) is 0.161. The summed E-state index contributed by atoms with van der Waals surface area (Å²) in [5.41, 5.74) is -1.72. The van der Waals surface area contributed by atoms with Crippen molar-refractivity contribution in [3.63, 3.8) is 0 Å². The largest absolute Gasteiger partial charge is 0.461 e. The molecule has 0 unspecified atom stereocenters. The maximum absolute atomic E-state index is 13.3. The van der Waals surface area contributed by atoms with Gasteiger partial charge in [-0.1, -0.05) is 26.7 Å². The maximum Gasteiger partial charge on any atom is 0.420 e. The van der Waals surface area contributed by atoms with Crippen LogP contribution in [0.3, 0.4) is 0 Å². The van der Waals surface area contributed by atoms with Crippen molar-refractivity contribution in [3.8, 4) is 0 Å². The average Bonchev–Trinajstić information content (AvgIpc) is 3.12. The van der Waals surface area contributed by atoms with Gasteiger partial charge in [0.05, 0.1) is 0 Å². The third-order valence-electron chi connectivity index (χ3n) is 6.53. The highest BCUT2D eigenvalue weighted by Gasteiger charge is 2.42. The lowest BCUT2D eigenvalue weighted by Crippen LogP contribution is -2.52. The normalized spacial score (nSPS) is 16.5. The van der Waals surface area contributed by atoms with Crippen LogP contribution in [0.25, 0.3) is 0 Å². The lowest BCUT2D eigenvalue weighted by atomic mass is 10.0. The lowest BCUT2D eigenvalue weighted by Gasteiger charge is -2.35. The first-order valence-electron chi connectivity index (χ1n) is 12.9. The molecule has 0 heterocycles. The summed E-state index contributed by atoms with van der Waals surface area (Å²) in [6.07, 6.45) is 3.77. The SMILES string of the molecule is CC(C)(C)OC(=O)N(C(=O)OC(C)(C)C)[C@@H](CCCCC(C)(C)[Si](C)(C)O)C(=O)OC1CCCC1. The van der Waals surface area contributed by atoms with Gasteiger partial charge in [0.2, 0.25) is 0 Å². The Kier molecular flexibility index (Phi) is 10.8. The molecular formula is C26H49NO7Si. The summed E-state index contributed by atoms with van der Waals surface area (Å²) < 4.78 is 16.7. The molecule has 1 rings (SSSR count). The molecule has 1 aliphatic rings. The number of ether oxygens (including phenoxy) is 3. The molecule has 0 bridgehead atoms. The molecule has 0 saturated heterocycles. The number of hydrogen-bond acceptors (Lipinski definition) is 7. The molecule has 0 aromatic carbocycles. The predicted molar refractivity (Wildman–Crippen MR) is 139 cm³/mol. The van der Waals surface area contributed by atoms with Crippen molar-refractivity contribution in [2.75, 3.05) is 0 Å². The van der Waals surface area contributed by atoms with E-state index in [2.05, 4.69) is 13.8 Å². The van der Waals surface area contributed by atoms with Crippen molar-refractivity contribution in [3.05, 3.63) is 0 Å². The van der Waals surface area contributed by atoms with Crippen LogP contribution in [0.1, 0.15) is 107 Å². The molecule has 35 heavy (non-hydrogen) atoms. The molecule has 0 spiro atoms. The predicted octanol–water partition coefficient (Wildman–Crippen LogP) is 6.55. The molecule has 2 amide bonds. The van der Waals surface area contributed by atoms with Crippen LogP contribution in [0.15, 0.2) is 0 Å². The number of imide groups is 1. The monoisotopic (exact) mass is 515 g/mol. The smallest absolute Gasteiger partial charge is 0.420 e. The van der Waals surface area contributed by atoms with E-state index in [-0.39, 0.29) is 17.6 Å². The van der Waals surface area contributed by atoms with E-state index in [1.54, 1.807) is 41.5 Å². The first kappa shape index (κ1) is 31.4. The zero-order valence-corrected chi connectivity index (χ0v) is 24.7. The van der Waals surface area contributed by atoms with Crippen LogP contribution in [0.2, 0.25) is 18.1 Å². The van der Waals surface area contributed by atoms with Gasteiger partial charge >= 0.3 is 18.2 Å². The van der Waals surface area contributed by atoms with Crippen LogP contribution in [-0.2, 0) is 19.0 Å². The Labute approximate surface area is 213 Å². The maximum atomic E-state index is 13.3. The van der Waals surface area contributed by atoms with Gasteiger partial charge in [0, 0.05) is 0 Å². The Hall–Kier alpha value is -1.61. The molecule has 1 aliphatic carbocycles. The van der Waals surface area contributed by atoms with Gasteiger partial charge < -0.3 is 19.0 Å². The number of carbonyl (C=O) groups is 3. The fraction of sp³-hybridized carbons (Fsp3) is 0.885. The molecule has 1 N–H and O–H groups in total. The van der Waals surface area contributed by atoms with Gasteiger partial charge in [0.15, 0.2) is 8.32 Å². The van der Waals surface area contributed by atoms with Crippen LogP contribution in [0.4, 0.5) is 9.59 Å². The summed E-state index contributed by atoms with van der Waals surface area (Å²) in [5, 5.41) is -0.205. The zero-order valence-electron chi connectivity index (χ0n) is 23.7. The molecule has 8 nitrogen and oxygen atoms in total. The first-order valence-corrected chi connectivity index (χ1v) is 15.9. The van der Waals surface area contributed by atoms with Crippen molar-refractivity contribution in [1.82, 2.24) is 4.90 Å². The molecule has 1 fully saturated rings. The molecule has 1 saturated carbocycles. The van der Waals surface area contributed by atoms with E-state index in [1.807, 2.05) is 13.1 Å². The Bertz CT molecular complexity index is 697. The van der Waals surface area contributed by atoms with Gasteiger partial charge in [0.25, 0.3) is 0 Å². The molecule has 0 aromatic rings. The van der Waals surface area contributed by atoms with Gasteiger partial charge in [0.1, 0.15) is 23.3 Å². The highest BCUT2D eigenvalue weighted by molar-refractivity contribution is 6.72. The molecule has 204 valence electrons. The Morgan fingerprint density at radius 3 is 1.74 bits per heavy atom. The van der Waals surface area contributed by atoms with Gasteiger partial charge in [-0.05, 0) is 98.2 Å². The number of unbranched alkanes of at least 4 members (excludes halogenated alkanes) is 1. The van der Waals surface area contributed by atoms with Gasteiger partial charge in [-0.3, -0.25) is 0 Å². The third kappa shape index (κ3) is 10.9. The van der Waals surface area contributed by atoms with Crippen molar-refractivity contribution in [2.45, 2.75) is 148 Å². The van der Waals surface area contributed by atoms with Crippen LogP contribution in [0, 0.1) is 0 Å². The summed E-state index contributed by atoms with van der Waals surface area (Å²) in [6, 6.07) is -1.15. The second kappa shape index (κ2) is 12.1. The Morgan fingerprint density at radius 1 is 0.886 bits per heavy atom. The third-order valence-corrected chi connectivity index (χ3v) is 10.1. The van der Waals surface area contributed by atoms with Crippen molar-refractivity contribution in [1.29, 1.82) is 0 Å². The van der Waals surface area contributed by atoms with Crippen LogP contribution in [0.5, 0.6) is 0 Å². The second-order valence-electron chi connectivity index (χ2n) is 12.9. The molecule has 0 aliphatic heterocycles. The number of amides is 2. The molecule has 0 radical (unpaired) electrons. The molecule has 0 aromatic heterocycles. The van der Waals surface area contributed by atoms with Gasteiger partial charge in [-0.2, -0.15) is 4.90 Å². The Balaban J connectivity index is 3.17. The minimum absolute atomic E-state index is 0.204. The fourth-order valence-electron chi connectivity index (χ4n) is 3.76. The summed E-state index contributed by atoms with van der Waals surface area (Å²) in [5.74, 6) is -0.607. The number of rotatable bonds is 9. The van der Waals surface area contributed by atoms with E-state index in [1.165, 1.54) is 0 Å². The van der Waals surface area contributed by atoms with Crippen molar-refractivity contribution < 1.29 is 33.4 Å². The summed E-state index contributed by atoms with van der Waals surface area (Å²) in [6.45, 7) is 18.2. The first-order chi connectivity index (χ1) is 15.7. The number of nitrogens with zero attached hydrogens (tertiary/aromatic N) is 1. The van der Waals surface area contributed by atoms with E-state index in [4.69, 9.17) is 14.2 Å². The van der Waals surface area contributed by atoms with Gasteiger partial charge in [-0.15, -0.1) is 0 Å². The van der Waals surface area contributed by atoms with E-state index in [0.29, 0.717) is 6.42 Å². The molecular weight excluding hydrogens is 466 g/mol.